The molecule has 3 heteroatoms. The number of ether oxygens (including phenoxy) is 1. The lowest BCUT2D eigenvalue weighted by atomic mass is 10.0. The van der Waals surface area contributed by atoms with Crippen LogP contribution >= 0.6 is 15.9 Å². The highest BCUT2D eigenvalue weighted by Gasteiger charge is 2.12. The van der Waals surface area contributed by atoms with E-state index < -0.39 is 6.10 Å². The average Bonchev–Trinajstić information content (AvgIpc) is 2.48. The lowest BCUT2D eigenvalue weighted by Gasteiger charge is -2.14. The second-order valence-electron chi connectivity index (χ2n) is 4.78. The molecule has 0 amide bonds. The van der Waals surface area contributed by atoms with Gasteiger partial charge in [-0.2, -0.15) is 0 Å². The molecular weight excluding hydrogens is 316 g/mol. The van der Waals surface area contributed by atoms with Crippen molar-refractivity contribution in [3.8, 4) is 5.75 Å². The number of halogens is 1. The second kappa shape index (κ2) is 7.46. The first-order chi connectivity index (χ1) is 9.70. The van der Waals surface area contributed by atoms with E-state index in [1.165, 1.54) is 5.56 Å². The van der Waals surface area contributed by atoms with E-state index in [9.17, 15) is 5.11 Å². The van der Waals surface area contributed by atoms with Crippen molar-refractivity contribution in [2.24, 2.45) is 0 Å². The molecule has 0 aliphatic carbocycles. The van der Waals surface area contributed by atoms with Crippen molar-refractivity contribution in [2.75, 3.05) is 7.11 Å². The summed E-state index contributed by atoms with van der Waals surface area (Å²) < 4.78 is 6.12. The van der Waals surface area contributed by atoms with Crippen LogP contribution in [0.3, 0.4) is 0 Å². The third-order valence-corrected chi connectivity index (χ3v) is 4.07. The zero-order chi connectivity index (χ0) is 14.4. The number of aryl methyl sites for hydroxylation is 1. The molecule has 0 saturated carbocycles. The van der Waals surface area contributed by atoms with E-state index in [4.69, 9.17) is 4.74 Å². The third kappa shape index (κ3) is 4.09. The molecule has 20 heavy (non-hydrogen) atoms. The van der Waals surface area contributed by atoms with Crippen LogP contribution in [0, 0.1) is 0 Å². The fourth-order valence-corrected chi connectivity index (χ4v) is 2.71. The summed E-state index contributed by atoms with van der Waals surface area (Å²) in [4.78, 5) is 0. The van der Waals surface area contributed by atoms with Gasteiger partial charge in [-0.3, -0.25) is 0 Å². The minimum atomic E-state index is -0.469. The van der Waals surface area contributed by atoms with Crippen LogP contribution in [-0.2, 0) is 6.42 Å². The van der Waals surface area contributed by atoms with E-state index in [1.807, 2.05) is 36.4 Å². The van der Waals surface area contributed by atoms with Gasteiger partial charge in [0.15, 0.2) is 0 Å². The summed E-state index contributed by atoms with van der Waals surface area (Å²) in [6, 6.07) is 16.0. The van der Waals surface area contributed by atoms with Crippen LogP contribution in [0.1, 0.15) is 30.1 Å². The maximum Gasteiger partial charge on any atom is 0.119 e. The summed E-state index contributed by atoms with van der Waals surface area (Å²) in [5, 5.41) is 10.3. The summed E-state index contributed by atoms with van der Waals surface area (Å²) in [5.41, 5.74) is 2.20. The fourth-order valence-electron chi connectivity index (χ4n) is 2.20. The van der Waals surface area contributed by atoms with E-state index in [-0.39, 0.29) is 0 Å². The number of hydrogen-bond donors (Lipinski definition) is 1. The minimum Gasteiger partial charge on any atom is -0.497 e. The molecule has 2 nitrogen and oxygen atoms in total. The smallest absolute Gasteiger partial charge is 0.119 e. The van der Waals surface area contributed by atoms with Crippen LogP contribution in [0.15, 0.2) is 53.0 Å². The summed E-state index contributed by atoms with van der Waals surface area (Å²) >= 11 is 3.48. The molecule has 106 valence electrons. The predicted molar refractivity (Wildman–Crippen MR) is 85.0 cm³/mol. The Bertz CT molecular complexity index is 540. The Morgan fingerprint density at radius 1 is 1.15 bits per heavy atom. The molecule has 0 aliphatic rings. The van der Waals surface area contributed by atoms with Crippen molar-refractivity contribution in [1.29, 1.82) is 0 Å². The van der Waals surface area contributed by atoms with Crippen LogP contribution in [0.25, 0.3) is 0 Å². The van der Waals surface area contributed by atoms with Crippen molar-refractivity contribution in [1.82, 2.24) is 0 Å². The molecule has 2 aromatic rings. The Kier molecular flexibility index (Phi) is 5.62. The van der Waals surface area contributed by atoms with Gasteiger partial charge in [-0.1, -0.05) is 46.3 Å². The lowest BCUT2D eigenvalue weighted by Crippen LogP contribution is -2.00. The van der Waals surface area contributed by atoms with Crippen molar-refractivity contribution in [2.45, 2.75) is 25.4 Å². The maximum atomic E-state index is 10.3. The Morgan fingerprint density at radius 3 is 2.60 bits per heavy atom. The molecular formula is C17H19BrO2. The lowest BCUT2D eigenvalue weighted by molar-refractivity contribution is 0.163. The second-order valence-corrected chi connectivity index (χ2v) is 5.64. The predicted octanol–water partition coefficient (Wildman–Crippen LogP) is 4.51. The van der Waals surface area contributed by atoms with Gasteiger partial charge in [0.2, 0.25) is 0 Å². The van der Waals surface area contributed by atoms with Crippen LogP contribution in [0.5, 0.6) is 5.75 Å². The van der Waals surface area contributed by atoms with Gasteiger partial charge < -0.3 is 9.84 Å². The molecule has 0 saturated heterocycles. The summed E-state index contributed by atoms with van der Waals surface area (Å²) in [6.07, 6.45) is 2.21. The molecule has 0 spiro atoms. The first-order valence-electron chi connectivity index (χ1n) is 6.76. The summed E-state index contributed by atoms with van der Waals surface area (Å²) in [5.74, 6) is 0.769. The molecule has 0 aliphatic heterocycles. The molecule has 2 rings (SSSR count). The Balaban J connectivity index is 1.93. The van der Waals surface area contributed by atoms with Gasteiger partial charge in [0.25, 0.3) is 0 Å². The van der Waals surface area contributed by atoms with Crippen molar-refractivity contribution in [3.05, 3.63) is 64.1 Å². The molecule has 1 atom stereocenters. The molecule has 2 aromatic carbocycles. The normalized spacial score (nSPS) is 12.2. The van der Waals surface area contributed by atoms with Gasteiger partial charge in [-0.15, -0.1) is 0 Å². The first-order valence-corrected chi connectivity index (χ1v) is 7.55. The maximum absolute atomic E-state index is 10.3. The fraction of sp³-hybridized carbons (Fsp3) is 0.294. The van der Waals surface area contributed by atoms with Crippen molar-refractivity contribution >= 4 is 15.9 Å². The highest BCUT2D eigenvalue weighted by Crippen LogP contribution is 2.30. The quantitative estimate of drug-likeness (QED) is 0.841. The van der Waals surface area contributed by atoms with Crippen LogP contribution in [0.2, 0.25) is 0 Å². The highest BCUT2D eigenvalue weighted by molar-refractivity contribution is 9.10. The highest BCUT2D eigenvalue weighted by atomic mass is 79.9. The largest absolute Gasteiger partial charge is 0.497 e. The van der Waals surface area contributed by atoms with Crippen LogP contribution in [0.4, 0.5) is 0 Å². The van der Waals surface area contributed by atoms with Crippen LogP contribution in [-0.4, -0.2) is 12.2 Å². The molecule has 1 N–H and O–H groups in total. The molecule has 0 aromatic heterocycles. The van der Waals surface area contributed by atoms with E-state index in [2.05, 4.69) is 28.1 Å². The van der Waals surface area contributed by atoms with E-state index >= 15 is 0 Å². The standard InChI is InChI=1S/C17H19BrO2/c1-20-14-10-11-16(18)15(12-14)17(19)9-5-8-13-6-3-2-4-7-13/h2-4,6-7,10-12,17,19H,5,8-9H2,1H3. The zero-order valence-corrected chi connectivity index (χ0v) is 13.1. The van der Waals surface area contributed by atoms with E-state index in [0.29, 0.717) is 0 Å². The van der Waals surface area contributed by atoms with E-state index in [1.54, 1.807) is 7.11 Å². The Hall–Kier alpha value is -1.32. The molecule has 0 radical (unpaired) electrons. The van der Waals surface area contributed by atoms with Gasteiger partial charge in [-0.25, -0.2) is 0 Å². The molecule has 0 heterocycles. The summed E-state index contributed by atoms with van der Waals surface area (Å²) in [6.45, 7) is 0. The van der Waals surface area contributed by atoms with Crippen molar-refractivity contribution in [3.63, 3.8) is 0 Å². The molecule has 1 unspecified atom stereocenters. The molecule has 0 fully saturated rings. The monoisotopic (exact) mass is 334 g/mol. The van der Waals surface area contributed by atoms with E-state index in [0.717, 1.165) is 35.0 Å². The third-order valence-electron chi connectivity index (χ3n) is 3.35. The summed E-state index contributed by atoms with van der Waals surface area (Å²) in [7, 11) is 1.63. The van der Waals surface area contributed by atoms with Gasteiger partial charge in [0.1, 0.15) is 5.75 Å². The Labute approximate surface area is 128 Å². The van der Waals surface area contributed by atoms with Gasteiger partial charge in [-0.05, 0) is 48.6 Å². The average molecular weight is 335 g/mol. The number of benzene rings is 2. The van der Waals surface area contributed by atoms with Crippen molar-refractivity contribution < 1.29 is 9.84 Å². The Morgan fingerprint density at radius 2 is 1.90 bits per heavy atom. The zero-order valence-electron chi connectivity index (χ0n) is 11.6. The minimum absolute atomic E-state index is 0.469. The number of rotatable bonds is 6. The first kappa shape index (κ1) is 15.1. The van der Waals surface area contributed by atoms with Gasteiger partial charge in [0, 0.05) is 4.47 Å². The topological polar surface area (TPSA) is 29.5 Å². The SMILES string of the molecule is COc1ccc(Br)c(C(O)CCCc2ccccc2)c1. The molecule has 0 bridgehead atoms. The van der Waals surface area contributed by atoms with Crippen LogP contribution < -0.4 is 4.74 Å². The number of hydrogen-bond acceptors (Lipinski definition) is 2. The number of aliphatic hydroxyl groups is 1. The van der Waals surface area contributed by atoms with Gasteiger partial charge >= 0.3 is 0 Å². The number of methoxy groups -OCH3 is 1. The number of aliphatic hydroxyl groups excluding tert-OH is 1. The van der Waals surface area contributed by atoms with Gasteiger partial charge in [0.05, 0.1) is 13.2 Å².